The molecule has 3 nitrogen and oxygen atoms in total. The lowest BCUT2D eigenvalue weighted by molar-refractivity contribution is -0.127. The van der Waals surface area contributed by atoms with E-state index in [1.54, 1.807) is 30.8 Å². The highest BCUT2D eigenvalue weighted by Crippen LogP contribution is 2.25. The third-order valence-corrected chi connectivity index (χ3v) is 3.80. The highest BCUT2D eigenvalue weighted by molar-refractivity contribution is 8.00. The second-order valence-electron chi connectivity index (χ2n) is 5.18. The van der Waals surface area contributed by atoms with E-state index in [9.17, 15) is 4.79 Å². The van der Waals surface area contributed by atoms with E-state index >= 15 is 0 Å². The molecule has 0 fully saturated rings. The largest absolute Gasteiger partial charge is 0.348 e. The molecule has 0 aliphatic heterocycles. The van der Waals surface area contributed by atoms with Crippen LogP contribution < -0.4 is 5.32 Å². The summed E-state index contributed by atoms with van der Waals surface area (Å²) in [6.07, 6.45) is 0. The Hall–Kier alpha value is -1.00. The Labute approximate surface area is 120 Å². The Bertz CT molecular complexity index is 418. The molecule has 1 N–H and O–H groups in total. The van der Waals surface area contributed by atoms with Crippen LogP contribution in [-0.4, -0.2) is 36.2 Å². The molecule has 1 aromatic carbocycles. The minimum Gasteiger partial charge on any atom is -0.348 e. The van der Waals surface area contributed by atoms with Gasteiger partial charge in [0.05, 0.1) is 5.25 Å². The molecule has 0 saturated carbocycles. The Kier molecular flexibility index (Phi) is 6.38. The Morgan fingerprint density at radius 3 is 2.58 bits per heavy atom. The first-order valence-electron chi connectivity index (χ1n) is 6.60. The average Bonchev–Trinajstić information content (AvgIpc) is 2.35. The van der Waals surface area contributed by atoms with E-state index < -0.39 is 0 Å². The summed E-state index contributed by atoms with van der Waals surface area (Å²) in [6.45, 7) is 7.08. The third-order valence-electron chi connectivity index (χ3n) is 2.71. The van der Waals surface area contributed by atoms with Gasteiger partial charge in [0, 0.05) is 31.6 Å². The molecule has 0 spiro atoms. The van der Waals surface area contributed by atoms with Crippen molar-refractivity contribution in [2.75, 3.05) is 14.1 Å². The van der Waals surface area contributed by atoms with Gasteiger partial charge in [-0.25, -0.2) is 0 Å². The van der Waals surface area contributed by atoms with Crippen LogP contribution in [0.4, 0.5) is 0 Å². The van der Waals surface area contributed by atoms with Gasteiger partial charge < -0.3 is 10.2 Å². The number of amides is 1. The number of nitrogens with one attached hydrogen (secondary N) is 1. The molecule has 1 amide bonds. The van der Waals surface area contributed by atoms with Crippen molar-refractivity contribution in [2.24, 2.45) is 0 Å². The van der Waals surface area contributed by atoms with E-state index in [1.807, 2.05) is 13.0 Å². The van der Waals surface area contributed by atoms with Gasteiger partial charge in [0.25, 0.3) is 0 Å². The molecule has 106 valence electrons. The lowest BCUT2D eigenvalue weighted by atomic mass is 10.2. The van der Waals surface area contributed by atoms with Gasteiger partial charge in [-0.2, -0.15) is 0 Å². The van der Waals surface area contributed by atoms with Crippen molar-refractivity contribution in [3.8, 4) is 0 Å². The zero-order valence-corrected chi connectivity index (χ0v) is 13.3. The fourth-order valence-electron chi connectivity index (χ4n) is 1.67. The molecule has 0 radical (unpaired) electrons. The monoisotopic (exact) mass is 280 g/mol. The van der Waals surface area contributed by atoms with Crippen molar-refractivity contribution in [3.63, 3.8) is 0 Å². The summed E-state index contributed by atoms with van der Waals surface area (Å²) in [7, 11) is 3.59. The smallest absolute Gasteiger partial charge is 0.235 e. The fourth-order valence-corrected chi connectivity index (χ4v) is 2.77. The van der Waals surface area contributed by atoms with Crippen molar-refractivity contribution < 1.29 is 4.79 Å². The summed E-state index contributed by atoms with van der Waals surface area (Å²) in [5, 5.41) is 3.35. The molecule has 0 aliphatic rings. The van der Waals surface area contributed by atoms with E-state index in [0.717, 1.165) is 11.4 Å². The number of carbonyl (C=O) groups excluding carboxylic acids is 1. The number of hydrogen-bond acceptors (Lipinski definition) is 3. The topological polar surface area (TPSA) is 32.3 Å². The first-order chi connectivity index (χ1) is 8.90. The zero-order valence-electron chi connectivity index (χ0n) is 12.4. The number of hydrogen-bond donors (Lipinski definition) is 1. The van der Waals surface area contributed by atoms with E-state index in [-0.39, 0.29) is 11.2 Å². The van der Waals surface area contributed by atoms with Crippen LogP contribution in [0.25, 0.3) is 0 Å². The van der Waals surface area contributed by atoms with Crippen LogP contribution in [-0.2, 0) is 11.3 Å². The fraction of sp³-hybridized carbons (Fsp3) is 0.533. The summed E-state index contributed by atoms with van der Waals surface area (Å²) in [5.41, 5.74) is 1.25. The normalized spacial score (nSPS) is 12.5. The molecule has 1 rings (SSSR count). The van der Waals surface area contributed by atoms with Crippen molar-refractivity contribution in [1.29, 1.82) is 0 Å². The second-order valence-corrected chi connectivity index (χ2v) is 6.59. The summed E-state index contributed by atoms with van der Waals surface area (Å²) in [5.74, 6) is 0.149. The van der Waals surface area contributed by atoms with Gasteiger partial charge in [-0.05, 0) is 24.6 Å². The number of carbonyl (C=O) groups is 1. The minimum absolute atomic E-state index is 0.0525. The van der Waals surface area contributed by atoms with Crippen LogP contribution in [0.5, 0.6) is 0 Å². The SMILES string of the molecule is CC(C)NCc1cccc(SC(C)C(=O)N(C)C)c1. The molecular weight excluding hydrogens is 256 g/mol. The van der Waals surface area contributed by atoms with E-state index in [4.69, 9.17) is 0 Å². The van der Waals surface area contributed by atoms with E-state index in [1.165, 1.54) is 5.56 Å². The quantitative estimate of drug-likeness (QED) is 0.813. The Balaban J connectivity index is 2.64. The number of benzene rings is 1. The maximum absolute atomic E-state index is 11.8. The van der Waals surface area contributed by atoms with Gasteiger partial charge in [0.1, 0.15) is 0 Å². The minimum atomic E-state index is -0.0525. The number of thioether (sulfide) groups is 1. The summed E-state index contributed by atoms with van der Waals surface area (Å²) < 4.78 is 0. The van der Waals surface area contributed by atoms with E-state index in [2.05, 4.69) is 37.4 Å². The Morgan fingerprint density at radius 2 is 2.00 bits per heavy atom. The maximum Gasteiger partial charge on any atom is 0.235 e. The third kappa shape index (κ3) is 5.66. The van der Waals surface area contributed by atoms with Gasteiger partial charge in [-0.1, -0.05) is 26.0 Å². The summed E-state index contributed by atoms with van der Waals surface area (Å²) in [6, 6.07) is 8.85. The first-order valence-corrected chi connectivity index (χ1v) is 7.48. The molecule has 4 heteroatoms. The molecular formula is C15H24N2OS. The molecule has 0 aliphatic carbocycles. The molecule has 0 heterocycles. The molecule has 0 aromatic heterocycles. The molecule has 1 atom stereocenters. The first kappa shape index (κ1) is 16.1. The number of nitrogens with zero attached hydrogens (tertiary/aromatic N) is 1. The summed E-state index contributed by atoms with van der Waals surface area (Å²) >= 11 is 1.61. The lowest BCUT2D eigenvalue weighted by Crippen LogP contribution is -2.29. The van der Waals surface area contributed by atoms with Gasteiger partial charge in [-0.3, -0.25) is 4.79 Å². The van der Waals surface area contributed by atoms with Gasteiger partial charge in [0.2, 0.25) is 5.91 Å². The second kappa shape index (κ2) is 7.56. The van der Waals surface area contributed by atoms with Crippen molar-refractivity contribution >= 4 is 17.7 Å². The van der Waals surface area contributed by atoms with Crippen molar-refractivity contribution in [2.45, 2.75) is 43.5 Å². The highest BCUT2D eigenvalue weighted by Gasteiger charge is 2.16. The molecule has 1 unspecified atom stereocenters. The number of rotatable bonds is 6. The molecule has 0 saturated heterocycles. The van der Waals surface area contributed by atoms with Gasteiger partial charge in [-0.15, -0.1) is 11.8 Å². The van der Waals surface area contributed by atoms with E-state index in [0.29, 0.717) is 6.04 Å². The standard InChI is InChI=1S/C15H24N2OS/c1-11(2)16-10-13-7-6-8-14(9-13)19-12(3)15(18)17(4)5/h6-9,11-12,16H,10H2,1-5H3. The predicted octanol–water partition coefficient (Wildman–Crippen LogP) is 2.75. The van der Waals surface area contributed by atoms with Crippen molar-refractivity contribution in [3.05, 3.63) is 29.8 Å². The van der Waals surface area contributed by atoms with Crippen LogP contribution in [0, 0.1) is 0 Å². The lowest BCUT2D eigenvalue weighted by Gasteiger charge is -2.16. The molecule has 1 aromatic rings. The summed E-state index contributed by atoms with van der Waals surface area (Å²) in [4.78, 5) is 14.6. The van der Waals surface area contributed by atoms with Crippen molar-refractivity contribution in [1.82, 2.24) is 10.2 Å². The Morgan fingerprint density at radius 1 is 1.32 bits per heavy atom. The van der Waals surface area contributed by atoms with Crippen LogP contribution in [0.1, 0.15) is 26.3 Å². The van der Waals surface area contributed by atoms with Crippen LogP contribution in [0.15, 0.2) is 29.2 Å². The van der Waals surface area contributed by atoms with Gasteiger partial charge in [0.15, 0.2) is 0 Å². The average molecular weight is 280 g/mol. The highest BCUT2D eigenvalue weighted by atomic mass is 32.2. The predicted molar refractivity (Wildman–Crippen MR) is 82.4 cm³/mol. The zero-order chi connectivity index (χ0) is 14.4. The van der Waals surface area contributed by atoms with Crippen LogP contribution in [0.2, 0.25) is 0 Å². The maximum atomic E-state index is 11.8. The van der Waals surface area contributed by atoms with Gasteiger partial charge >= 0.3 is 0 Å². The molecule has 0 bridgehead atoms. The van der Waals surface area contributed by atoms with Crippen LogP contribution in [0.3, 0.4) is 0 Å². The molecule has 19 heavy (non-hydrogen) atoms. The van der Waals surface area contributed by atoms with Crippen LogP contribution >= 0.6 is 11.8 Å².